The van der Waals surface area contributed by atoms with Gasteiger partial charge in [0.05, 0.1) is 22.1 Å². The number of benzene rings is 4. The average Bonchev–Trinajstić information content (AvgIpc) is 3.41. The van der Waals surface area contributed by atoms with Gasteiger partial charge in [0.2, 0.25) is 0 Å². The predicted octanol–water partition coefficient (Wildman–Crippen LogP) is 10.6. The first kappa shape index (κ1) is 26.7. The topological polar surface area (TPSA) is 35.0 Å². The zero-order valence-corrected chi connectivity index (χ0v) is 26.2. The molecule has 3 atom stereocenters. The van der Waals surface area contributed by atoms with Crippen molar-refractivity contribution in [2.75, 3.05) is 0 Å². The van der Waals surface area contributed by atoms with Crippen LogP contribution < -0.4 is 4.74 Å². The Morgan fingerprint density at radius 2 is 1.62 bits per heavy atom. The summed E-state index contributed by atoms with van der Waals surface area (Å²) in [6, 6.07) is 37.3. The van der Waals surface area contributed by atoms with Crippen LogP contribution in [-0.2, 0) is 5.41 Å². The van der Waals surface area contributed by atoms with Crippen LogP contribution in [0.15, 0.2) is 151 Å². The molecule has 0 saturated carbocycles. The van der Waals surface area contributed by atoms with Gasteiger partial charge in [0.25, 0.3) is 0 Å². The Bertz CT molecular complexity index is 2430. The normalized spacial score (nSPS) is 22.1. The summed E-state index contributed by atoms with van der Waals surface area (Å²) in [6.45, 7) is 2.33. The second kappa shape index (κ2) is 9.98. The predicted molar refractivity (Wildman–Crippen MR) is 191 cm³/mol. The van der Waals surface area contributed by atoms with E-state index >= 15 is 0 Å². The molecule has 3 unspecified atom stereocenters. The minimum Gasteiger partial charge on any atom is -0.461 e. The molecule has 3 aliphatic carbocycles. The third kappa shape index (κ3) is 3.80. The van der Waals surface area contributed by atoms with Crippen LogP contribution in [-0.4, -0.2) is 9.97 Å². The van der Waals surface area contributed by atoms with Crippen LogP contribution >= 0.6 is 0 Å². The molecule has 0 fully saturated rings. The van der Waals surface area contributed by atoms with E-state index in [0.717, 1.165) is 63.0 Å². The third-order valence-electron chi connectivity index (χ3n) is 10.7. The first-order valence-corrected chi connectivity index (χ1v) is 16.6. The number of allylic oxidation sites excluding steroid dienone is 8. The molecule has 4 aromatic carbocycles. The summed E-state index contributed by atoms with van der Waals surface area (Å²) in [5.41, 5.74) is 12.9. The number of nitrogens with zero attached hydrogens (tertiary/aromatic N) is 2. The summed E-state index contributed by atoms with van der Waals surface area (Å²) in [4.78, 5) is 9.82. The van der Waals surface area contributed by atoms with Gasteiger partial charge >= 0.3 is 0 Å². The summed E-state index contributed by atoms with van der Waals surface area (Å²) >= 11 is 0. The Hall–Kier alpha value is -5.54. The average molecular weight is 605 g/mol. The van der Waals surface area contributed by atoms with Crippen LogP contribution in [0.3, 0.4) is 0 Å². The number of aromatic nitrogens is 2. The molecule has 1 aliphatic heterocycles. The molecule has 0 bridgehead atoms. The number of hydrogen-bond acceptors (Lipinski definition) is 3. The minimum absolute atomic E-state index is 0.193. The highest BCUT2D eigenvalue weighted by molar-refractivity contribution is 6.03. The van der Waals surface area contributed by atoms with Gasteiger partial charge in [-0.05, 0) is 88.6 Å². The van der Waals surface area contributed by atoms with E-state index in [2.05, 4.69) is 139 Å². The number of fused-ring (bicyclic) bond motifs is 11. The standard InChI is InChI=1S/C44H32N2O/c1-27-15-20-36-34(24-27)33-11-2-3-12-35(33)44(36)37-13-4-5-14-40(37)47-41-22-19-31(26-38(41)44)30-8-6-9-32(25-30)39-21-18-29-17-16-28-10-7-23-45-42(28)43(29)46-39/h2-12,14-23,25-27,37H,13,24H2,1H3. The fourth-order valence-corrected chi connectivity index (χ4v) is 8.66. The van der Waals surface area contributed by atoms with Gasteiger partial charge in [0.15, 0.2) is 0 Å². The van der Waals surface area contributed by atoms with Gasteiger partial charge in [-0.3, -0.25) is 4.98 Å². The SMILES string of the molecule is CC1C=CC2=C(C1)c1ccccc1C21c2cc(-c3cccc(-c4ccc5ccc6cccnc6c5n4)c3)ccc2OC2=CC=CCC21. The Balaban J connectivity index is 1.15. The number of ether oxygens (including phenoxy) is 1. The summed E-state index contributed by atoms with van der Waals surface area (Å²) in [6.07, 6.45) is 15.3. The third-order valence-corrected chi connectivity index (χ3v) is 10.7. The fraction of sp³-hybridized carbons (Fsp3) is 0.136. The van der Waals surface area contributed by atoms with Crippen molar-refractivity contribution in [3.05, 3.63) is 168 Å². The van der Waals surface area contributed by atoms with Gasteiger partial charge in [0.1, 0.15) is 11.5 Å². The first-order valence-electron chi connectivity index (χ1n) is 16.6. The summed E-state index contributed by atoms with van der Waals surface area (Å²) < 4.78 is 6.75. The highest BCUT2D eigenvalue weighted by atomic mass is 16.5. The quantitative estimate of drug-likeness (QED) is 0.184. The molecule has 0 saturated heterocycles. The molecule has 0 N–H and O–H groups in total. The molecule has 47 heavy (non-hydrogen) atoms. The zero-order chi connectivity index (χ0) is 31.1. The maximum absolute atomic E-state index is 6.75. The Kier molecular flexibility index (Phi) is 5.66. The van der Waals surface area contributed by atoms with Crippen molar-refractivity contribution in [2.45, 2.75) is 25.2 Å². The molecule has 2 aromatic heterocycles. The van der Waals surface area contributed by atoms with Crippen molar-refractivity contribution in [3.8, 4) is 28.1 Å². The molecule has 6 aromatic rings. The minimum atomic E-state index is -0.311. The lowest BCUT2D eigenvalue weighted by molar-refractivity contribution is 0.252. The van der Waals surface area contributed by atoms with Crippen molar-refractivity contribution in [1.82, 2.24) is 9.97 Å². The molecule has 3 heterocycles. The maximum atomic E-state index is 6.75. The van der Waals surface area contributed by atoms with Gasteiger partial charge < -0.3 is 4.74 Å². The van der Waals surface area contributed by atoms with Crippen LogP contribution in [0.25, 0.3) is 49.8 Å². The molecule has 10 rings (SSSR count). The van der Waals surface area contributed by atoms with Crippen LogP contribution in [0.5, 0.6) is 5.75 Å². The van der Waals surface area contributed by atoms with Crippen molar-refractivity contribution in [1.29, 1.82) is 0 Å². The molecule has 3 nitrogen and oxygen atoms in total. The number of hydrogen-bond donors (Lipinski definition) is 0. The molecule has 0 amide bonds. The van der Waals surface area contributed by atoms with E-state index < -0.39 is 0 Å². The van der Waals surface area contributed by atoms with E-state index in [-0.39, 0.29) is 11.3 Å². The van der Waals surface area contributed by atoms with Crippen LogP contribution in [0.1, 0.15) is 36.5 Å². The van der Waals surface area contributed by atoms with E-state index in [1.54, 1.807) is 0 Å². The highest BCUT2D eigenvalue weighted by Gasteiger charge is 2.56. The summed E-state index contributed by atoms with van der Waals surface area (Å²) in [5.74, 6) is 2.73. The lowest BCUT2D eigenvalue weighted by atomic mass is 9.59. The lowest BCUT2D eigenvalue weighted by Crippen LogP contribution is -2.43. The van der Waals surface area contributed by atoms with Gasteiger partial charge in [-0.25, -0.2) is 4.98 Å². The van der Waals surface area contributed by atoms with Crippen molar-refractivity contribution >= 4 is 27.4 Å². The molecule has 0 radical (unpaired) electrons. The van der Waals surface area contributed by atoms with Crippen molar-refractivity contribution < 1.29 is 4.74 Å². The van der Waals surface area contributed by atoms with Crippen LogP contribution in [0.2, 0.25) is 0 Å². The highest BCUT2D eigenvalue weighted by Crippen LogP contribution is 2.64. The van der Waals surface area contributed by atoms with Gasteiger partial charge in [0, 0.05) is 34.0 Å². The van der Waals surface area contributed by atoms with Crippen molar-refractivity contribution in [2.24, 2.45) is 11.8 Å². The smallest absolute Gasteiger partial charge is 0.131 e. The number of rotatable bonds is 2. The second-order valence-electron chi connectivity index (χ2n) is 13.4. The van der Waals surface area contributed by atoms with Gasteiger partial charge in [-0.1, -0.05) is 104 Å². The van der Waals surface area contributed by atoms with E-state index in [4.69, 9.17) is 9.72 Å². The van der Waals surface area contributed by atoms with E-state index in [1.165, 1.54) is 33.4 Å². The van der Waals surface area contributed by atoms with Crippen molar-refractivity contribution in [3.63, 3.8) is 0 Å². The van der Waals surface area contributed by atoms with E-state index in [9.17, 15) is 0 Å². The molecule has 224 valence electrons. The number of pyridine rings is 2. The van der Waals surface area contributed by atoms with Gasteiger partial charge in [-0.15, -0.1) is 0 Å². The summed E-state index contributed by atoms with van der Waals surface area (Å²) in [7, 11) is 0. The molecular weight excluding hydrogens is 572 g/mol. The monoisotopic (exact) mass is 604 g/mol. The van der Waals surface area contributed by atoms with E-state index in [1.807, 2.05) is 12.3 Å². The molecule has 3 heteroatoms. The lowest BCUT2D eigenvalue weighted by Gasteiger charge is -2.47. The van der Waals surface area contributed by atoms with Crippen LogP contribution in [0.4, 0.5) is 0 Å². The maximum Gasteiger partial charge on any atom is 0.131 e. The Labute approximate surface area is 274 Å². The molecule has 1 spiro atoms. The van der Waals surface area contributed by atoms with Gasteiger partial charge in [-0.2, -0.15) is 0 Å². The van der Waals surface area contributed by atoms with E-state index in [0.29, 0.717) is 5.92 Å². The Morgan fingerprint density at radius 1 is 0.766 bits per heavy atom. The van der Waals surface area contributed by atoms with Crippen LogP contribution in [0, 0.1) is 11.8 Å². The first-order chi connectivity index (χ1) is 23.2. The molecule has 4 aliphatic rings. The molecular formula is C44H32N2O. The zero-order valence-electron chi connectivity index (χ0n) is 26.2. The largest absolute Gasteiger partial charge is 0.461 e. The second-order valence-corrected chi connectivity index (χ2v) is 13.4. The fourth-order valence-electron chi connectivity index (χ4n) is 8.66. The Morgan fingerprint density at radius 3 is 2.57 bits per heavy atom. The summed E-state index contributed by atoms with van der Waals surface area (Å²) in [5, 5.41) is 2.20.